The second-order valence-electron chi connectivity index (χ2n) is 6.86. The number of carbonyl (C=O) groups excluding carboxylic acids is 3. The van der Waals surface area contributed by atoms with Crippen LogP contribution in [0, 0.1) is 0 Å². The van der Waals surface area contributed by atoms with Crippen LogP contribution < -0.4 is 5.32 Å². The minimum absolute atomic E-state index is 0.0813. The van der Waals surface area contributed by atoms with E-state index in [1.165, 1.54) is 6.07 Å². The predicted octanol–water partition coefficient (Wildman–Crippen LogP) is 1.76. The normalized spacial score (nSPS) is 19.4. The van der Waals surface area contributed by atoms with E-state index in [1.807, 2.05) is 0 Å². The fraction of sp³-hybridized carbons (Fsp3) is 0.500. The summed E-state index contributed by atoms with van der Waals surface area (Å²) in [6.45, 7) is 2.70. The van der Waals surface area contributed by atoms with Gasteiger partial charge in [-0.25, -0.2) is 4.79 Å². The van der Waals surface area contributed by atoms with Crippen molar-refractivity contribution in [2.24, 2.45) is 0 Å². The van der Waals surface area contributed by atoms with Gasteiger partial charge in [-0.05, 0) is 36.6 Å². The lowest BCUT2D eigenvalue weighted by Gasteiger charge is -2.31. The highest BCUT2D eigenvalue weighted by Gasteiger charge is 2.43. The van der Waals surface area contributed by atoms with E-state index < -0.39 is 18.1 Å². The third-order valence-electron chi connectivity index (χ3n) is 4.82. The van der Waals surface area contributed by atoms with Crippen molar-refractivity contribution >= 4 is 17.8 Å². The maximum Gasteiger partial charge on any atom is 0.493 e. The molecule has 152 valence electrons. The van der Waals surface area contributed by atoms with Crippen LogP contribution in [0.25, 0.3) is 0 Å². The van der Waals surface area contributed by atoms with Crippen molar-refractivity contribution in [2.45, 2.75) is 45.1 Å². The lowest BCUT2D eigenvalue weighted by atomic mass is 10.1. The highest BCUT2D eigenvalue weighted by Crippen LogP contribution is 2.28. The monoisotopic (exact) mass is 399 g/mol. The van der Waals surface area contributed by atoms with Gasteiger partial charge >= 0.3 is 12.1 Å². The molecule has 0 aromatic heterocycles. The van der Waals surface area contributed by atoms with E-state index >= 15 is 0 Å². The summed E-state index contributed by atoms with van der Waals surface area (Å²) in [5.41, 5.74) is 1.73. The molecule has 1 aromatic carbocycles. The van der Waals surface area contributed by atoms with Gasteiger partial charge in [0.05, 0.1) is 6.54 Å². The number of fused-ring (bicyclic) bond motifs is 1. The Morgan fingerprint density at radius 2 is 2.11 bits per heavy atom. The van der Waals surface area contributed by atoms with Crippen LogP contribution in [0.2, 0.25) is 0 Å². The van der Waals surface area contributed by atoms with E-state index in [4.69, 9.17) is 0 Å². The molecule has 2 aliphatic heterocycles. The summed E-state index contributed by atoms with van der Waals surface area (Å²) >= 11 is 0. The molecule has 1 N–H and O–H groups in total. The molecule has 0 saturated carbocycles. The molecular formula is C18H20F3N3O4. The molecule has 28 heavy (non-hydrogen) atoms. The van der Waals surface area contributed by atoms with Crippen LogP contribution in [-0.4, -0.2) is 53.1 Å². The van der Waals surface area contributed by atoms with Crippen molar-refractivity contribution in [3.8, 4) is 0 Å². The Balaban J connectivity index is 1.72. The summed E-state index contributed by atoms with van der Waals surface area (Å²) in [6.07, 6.45) is -3.31. The molecule has 1 aromatic rings. The number of alkyl halides is 3. The first-order valence-corrected chi connectivity index (χ1v) is 8.87. The predicted molar refractivity (Wildman–Crippen MR) is 90.6 cm³/mol. The Hall–Kier alpha value is -2.62. The summed E-state index contributed by atoms with van der Waals surface area (Å²) in [7, 11) is 0. The minimum atomic E-state index is -5.20. The standard InChI is InChI=1S/C18H20F3N3O4/c1-11(25)24(28-17(27)18(19,20)21)9-12-4-5-15-13(7-12)10-23(16(15)26)14-3-2-6-22-8-14/h4-5,7,14,22H,2-3,6,8-10H2,1H3/t14-/m0/s1. The van der Waals surface area contributed by atoms with Gasteiger partial charge in [0.2, 0.25) is 0 Å². The second-order valence-corrected chi connectivity index (χ2v) is 6.86. The molecule has 3 rings (SSSR count). The zero-order valence-electron chi connectivity index (χ0n) is 15.2. The molecule has 2 heterocycles. The van der Waals surface area contributed by atoms with E-state index in [0.29, 0.717) is 22.7 Å². The number of rotatable bonds is 3. The number of hydrogen-bond donors (Lipinski definition) is 1. The number of amides is 2. The van der Waals surface area contributed by atoms with Gasteiger partial charge in [-0.3, -0.25) is 9.59 Å². The first-order valence-electron chi connectivity index (χ1n) is 8.87. The Morgan fingerprint density at radius 3 is 2.71 bits per heavy atom. The third kappa shape index (κ3) is 4.27. The molecule has 0 aliphatic carbocycles. The number of carbonyl (C=O) groups is 3. The lowest BCUT2D eigenvalue weighted by molar-refractivity contribution is -0.238. The second kappa shape index (κ2) is 7.78. The van der Waals surface area contributed by atoms with Crippen molar-refractivity contribution in [3.63, 3.8) is 0 Å². The fourth-order valence-electron chi connectivity index (χ4n) is 3.41. The van der Waals surface area contributed by atoms with Gasteiger partial charge in [-0.1, -0.05) is 12.1 Å². The zero-order valence-corrected chi connectivity index (χ0v) is 15.2. The zero-order chi connectivity index (χ0) is 20.5. The van der Waals surface area contributed by atoms with Crippen LogP contribution in [0.1, 0.15) is 41.3 Å². The van der Waals surface area contributed by atoms with Crippen LogP contribution in [0.5, 0.6) is 0 Å². The van der Waals surface area contributed by atoms with Crippen LogP contribution in [-0.2, 0) is 27.5 Å². The topological polar surface area (TPSA) is 79.0 Å². The lowest BCUT2D eigenvalue weighted by Crippen LogP contribution is -2.46. The number of hydrogen-bond acceptors (Lipinski definition) is 5. The molecule has 0 bridgehead atoms. The molecule has 2 amide bonds. The van der Waals surface area contributed by atoms with E-state index in [-0.39, 0.29) is 18.5 Å². The average molecular weight is 399 g/mol. The highest BCUT2D eigenvalue weighted by atomic mass is 19.4. The van der Waals surface area contributed by atoms with Crippen molar-refractivity contribution in [1.82, 2.24) is 15.3 Å². The Labute approximate surface area is 159 Å². The summed E-state index contributed by atoms with van der Waals surface area (Å²) in [4.78, 5) is 41.2. The molecule has 2 aliphatic rings. The highest BCUT2D eigenvalue weighted by molar-refractivity contribution is 5.98. The van der Waals surface area contributed by atoms with Gasteiger partial charge in [-0.15, -0.1) is 0 Å². The number of nitrogens with one attached hydrogen (secondary N) is 1. The van der Waals surface area contributed by atoms with Crippen LogP contribution in [0.15, 0.2) is 18.2 Å². The van der Waals surface area contributed by atoms with Crippen molar-refractivity contribution < 1.29 is 32.4 Å². The maximum absolute atomic E-state index is 12.6. The number of nitrogens with zero attached hydrogens (tertiary/aromatic N) is 2. The molecule has 1 atom stereocenters. The van der Waals surface area contributed by atoms with Crippen LogP contribution >= 0.6 is 0 Å². The quantitative estimate of drug-likeness (QED) is 0.784. The Kier molecular flexibility index (Phi) is 5.59. The number of piperidine rings is 1. The first kappa shape index (κ1) is 20.1. The van der Waals surface area contributed by atoms with Gasteiger partial charge in [-0.2, -0.15) is 18.2 Å². The van der Waals surface area contributed by atoms with Crippen molar-refractivity contribution in [3.05, 3.63) is 34.9 Å². The van der Waals surface area contributed by atoms with Crippen molar-refractivity contribution in [1.29, 1.82) is 0 Å². The molecule has 1 saturated heterocycles. The van der Waals surface area contributed by atoms with Gasteiger partial charge in [0.1, 0.15) is 0 Å². The first-order chi connectivity index (χ1) is 13.2. The molecule has 0 radical (unpaired) electrons. The van der Waals surface area contributed by atoms with Crippen molar-refractivity contribution in [2.75, 3.05) is 13.1 Å². The molecule has 10 heteroatoms. The Bertz CT molecular complexity index is 791. The van der Waals surface area contributed by atoms with Gasteiger partial charge in [0, 0.05) is 31.6 Å². The Morgan fingerprint density at radius 1 is 1.36 bits per heavy atom. The SMILES string of the molecule is CC(=O)N(Cc1ccc2c(c1)CN([C@H]1CCCNC1)C2=O)OC(=O)C(F)(F)F. The van der Waals surface area contributed by atoms with Gasteiger partial charge in [0.25, 0.3) is 11.8 Å². The summed E-state index contributed by atoms with van der Waals surface area (Å²) < 4.78 is 37.2. The average Bonchev–Trinajstić information content (AvgIpc) is 2.97. The number of benzene rings is 1. The smallest absolute Gasteiger partial charge is 0.330 e. The van der Waals surface area contributed by atoms with Gasteiger partial charge < -0.3 is 15.1 Å². The van der Waals surface area contributed by atoms with E-state index in [0.717, 1.165) is 38.4 Å². The maximum atomic E-state index is 12.6. The number of halogens is 3. The summed E-state index contributed by atoms with van der Waals surface area (Å²) in [6, 6.07) is 4.88. The molecular weight excluding hydrogens is 379 g/mol. The van der Waals surface area contributed by atoms with Crippen LogP contribution in [0.3, 0.4) is 0 Å². The third-order valence-corrected chi connectivity index (χ3v) is 4.82. The van der Waals surface area contributed by atoms with E-state index in [2.05, 4.69) is 10.2 Å². The summed E-state index contributed by atoms with van der Waals surface area (Å²) in [5.74, 6) is -3.39. The van der Waals surface area contributed by atoms with E-state index in [1.54, 1.807) is 17.0 Å². The molecule has 1 fully saturated rings. The van der Waals surface area contributed by atoms with Gasteiger partial charge in [0.15, 0.2) is 0 Å². The number of hydroxylamine groups is 2. The largest absolute Gasteiger partial charge is 0.493 e. The summed E-state index contributed by atoms with van der Waals surface area (Å²) in [5, 5.41) is 3.62. The molecule has 7 nitrogen and oxygen atoms in total. The fourth-order valence-corrected chi connectivity index (χ4v) is 3.41. The van der Waals surface area contributed by atoms with E-state index in [9.17, 15) is 27.6 Å². The van der Waals surface area contributed by atoms with Crippen LogP contribution in [0.4, 0.5) is 13.2 Å². The molecule has 0 unspecified atom stereocenters. The molecule has 0 spiro atoms. The minimum Gasteiger partial charge on any atom is -0.330 e.